The summed E-state index contributed by atoms with van der Waals surface area (Å²) in [5, 5.41) is 0. The van der Waals surface area contributed by atoms with Crippen LogP contribution >= 0.6 is 0 Å². The molecule has 58 valence electrons. The zero-order valence-electron chi connectivity index (χ0n) is 5.88. The molecule has 0 atom stereocenters. The van der Waals surface area contributed by atoms with E-state index < -0.39 is 9.76 Å². The van der Waals surface area contributed by atoms with Crippen LogP contribution in [0.5, 0.6) is 0 Å². The van der Waals surface area contributed by atoms with E-state index in [1.807, 2.05) is 0 Å². The Hall–Kier alpha value is -0.613. The molecule has 0 aromatic heterocycles. The number of hydrogen-bond acceptors (Lipinski definition) is 3. The monoisotopic (exact) mass is 160 g/mol. The van der Waals surface area contributed by atoms with Crippen LogP contribution in [0.25, 0.3) is 0 Å². The Morgan fingerprint density at radius 3 is 3.00 bits per heavy atom. The van der Waals surface area contributed by atoms with Crippen molar-refractivity contribution in [2.45, 2.75) is 12.5 Å². The van der Waals surface area contributed by atoms with E-state index in [-0.39, 0.29) is 5.97 Å². The number of esters is 1. The third kappa shape index (κ3) is 5.52. The Bertz CT molecular complexity index is 114. The molecule has 0 aliphatic heterocycles. The van der Waals surface area contributed by atoms with Gasteiger partial charge in [0.25, 0.3) is 0 Å². The van der Waals surface area contributed by atoms with Gasteiger partial charge in [0.2, 0.25) is 0 Å². The molecule has 3 nitrogen and oxygen atoms in total. The maximum absolute atomic E-state index is 10.4. The molecule has 0 unspecified atom stereocenters. The lowest BCUT2D eigenvalue weighted by Crippen LogP contribution is -2.02. The number of rotatable bonds is 5. The highest BCUT2D eigenvalue weighted by Crippen LogP contribution is 1.89. The Kier molecular flexibility index (Phi) is 6.11. The number of hydrogen-bond donors (Lipinski definition) is 1. The highest BCUT2D eigenvalue weighted by atomic mass is 28.2. The van der Waals surface area contributed by atoms with Crippen molar-refractivity contribution in [3.8, 4) is 0 Å². The zero-order valence-corrected chi connectivity index (χ0v) is 7.29. The van der Waals surface area contributed by atoms with Gasteiger partial charge >= 0.3 is 5.97 Å². The standard InChI is InChI=1S/C6H12O3Si/c1-2-6(7)9-4-3-5-10-8/h2,8H,1,3-5,10H2. The van der Waals surface area contributed by atoms with Crippen LogP contribution in [0.3, 0.4) is 0 Å². The normalized spacial score (nSPS) is 10.1. The van der Waals surface area contributed by atoms with Crippen LogP contribution in [0.4, 0.5) is 0 Å². The summed E-state index contributed by atoms with van der Waals surface area (Å²) in [6.45, 7) is 3.65. The summed E-state index contributed by atoms with van der Waals surface area (Å²) >= 11 is 0. The van der Waals surface area contributed by atoms with Gasteiger partial charge in [-0.15, -0.1) is 0 Å². The summed E-state index contributed by atoms with van der Waals surface area (Å²) in [6, 6.07) is 0.810. The Balaban J connectivity index is 3.03. The smallest absolute Gasteiger partial charge is 0.330 e. The molecule has 0 saturated carbocycles. The molecule has 10 heavy (non-hydrogen) atoms. The van der Waals surface area contributed by atoms with E-state index in [9.17, 15) is 4.79 Å². The fourth-order valence-corrected chi connectivity index (χ4v) is 0.873. The van der Waals surface area contributed by atoms with Gasteiger partial charge in [-0.2, -0.15) is 0 Å². The fourth-order valence-electron chi connectivity index (χ4n) is 0.446. The van der Waals surface area contributed by atoms with Crippen molar-refractivity contribution in [3.05, 3.63) is 12.7 Å². The molecular weight excluding hydrogens is 148 g/mol. The fraction of sp³-hybridized carbons (Fsp3) is 0.500. The molecule has 0 aromatic rings. The van der Waals surface area contributed by atoms with Crippen LogP contribution in [0.2, 0.25) is 6.04 Å². The van der Waals surface area contributed by atoms with Crippen LogP contribution in [0, 0.1) is 0 Å². The lowest BCUT2D eigenvalue weighted by Gasteiger charge is -1.98. The number of carbonyl (C=O) groups is 1. The Labute approximate surface area is 62.6 Å². The van der Waals surface area contributed by atoms with E-state index in [4.69, 9.17) is 4.80 Å². The molecule has 0 rings (SSSR count). The van der Waals surface area contributed by atoms with E-state index >= 15 is 0 Å². The quantitative estimate of drug-likeness (QED) is 0.258. The van der Waals surface area contributed by atoms with Crippen LogP contribution in [0.15, 0.2) is 12.7 Å². The Morgan fingerprint density at radius 1 is 1.80 bits per heavy atom. The lowest BCUT2D eigenvalue weighted by atomic mass is 10.5. The summed E-state index contributed by atoms with van der Waals surface area (Å²) in [4.78, 5) is 18.9. The second-order valence-electron chi connectivity index (χ2n) is 1.80. The summed E-state index contributed by atoms with van der Waals surface area (Å²) in [5.74, 6) is -0.389. The highest BCUT2D eigenvalue weighted by molar-refractivity contribution is 6.25. The average molecular weight is 160 g/mol. The second-order valence-corrected chi connectivity index (χ2v) is 2.96. The first-order valence-electron chi connectivity index (χ1n) is 3.21. The molecule has 0 saturated heterocycles. The van der Waals surface area contributed by atoms with Crippen molar-refractivity contribution in [2.24, 2.45) is 0 Å². The summed E-state index contributed by atoms with van der Waals surface area (Å²) in [5.41, 5.74) is 0. The third-order valence-electron chi connectivity index (χ3n) is 0.963. The minimum atomic E-state index is -0.854. The molecule has 0 fully saturated rings. The molecule has 0 heterocycles. The molecule has 0 spiro atoms. The molecule has 0 amide bonds. The first-order valence-corrected chi connectivity index (χ1v) is 4.84. The van der Waals surface area contributed by atoms with Gasteiger partial charge in [-0.25, -0.2) is 4.79 Å². The predicted molar refractivity (Wildman–Crippen MR) is 41.3 cm³/mol. The molecule has 0 bridgehead atoms. The van der Waals surface area contributed by atoms with Crippen molar-refractivity contribution >= 4 is 15.7 Å². The maximum Gasteiger partial charge on any atom is 0.330 e. The van der Waals surface area contributed by atoms with E-state index in [1.54, 1.807) is 0 Å². The molecular formula is C6H12O3Si. The molecule has 0 aliphatic rings. The van der Waals surface area contributed by atoms with Crippen molar-refractivity contribution in [3.63, 3.8) is 0 Å². The van der Waals surface area contributed by atoms with Gasteiger partial charge in [-0.1, -0.05) is 6.58 Å². The minimum Gasteiger partial charge on any atom is -0.463 e. The molecule has 0 radical (unpaired) electrons. The molecule has 4 heteroatoms. The zero-order chi connectivity index (χ0) is 7.82. The molecule has 0 aromatic carbocycles. The summed E-state index contributed by atoms with van der Waals surface area (Å²) in [7, 11) is -0.854. The van der Waals surface area contributed by atoms with Crippen molar-refractivity contribution in [1.82, 2.24) is 0 Å². The van der Waals surface area contributed by atoms with Crippen LogP contribution in [-0.2, 0) is 9.53 Å². The van der Waals surface area contributed by atoms with Crippen LogP contribution < -0.4 is 0 Å². The average Bonchev–Trinajstić information content (AvgIpc) is 1.98. The van der Waals surface area contributed by atoms with Gasteiger partial charge in [-0.05, 0) is 12.5 Å². The maximum atomic E-state index is 10.4. The lowest BCUT2D eigenvalue weighted by molar-refractivity contribution is -0.137. The molecule has 1 N–H and O–H groups in total. The molecule has 0 aliphatic carbocycles. The first kappa shape index (κ1) is 9.39. The SMILES string of the molecule is C=CC(=O)OCCC[SiH2]O. The van der Waals surface area contributed by atoms with E-state index in [0.717, 1.165) is 18.5 Å². The predicted octanol–water partition coefficient (Wildman–Crippen LogP) is -0.400. The summed E-state index contributed by atoms with van der Waals surface area (Å²) < 4.78 is 4.65. The Morgan fingerprint density at radius 2 is 2.50 bits per heavy atom. The number of carbonyl (C=O) groups excluding carboxylic acids is 1. The van der Waals surface area contributed by atoms with Crippen molar-refractivity contribution in [1.29, 1.82) is 0 Å². The van der Waals surface area contributed by atoms with Gasteiger partial charge in [0, 0.05) is 6.08 Å². The van der Waals surface area contributed by atoms with Gasteiger partial charge in [0.15, 0.2) is 9.76 Å². The van der Waals surface area contributed by atoms with Gasteiger partial charge in [0.05, 0.1) is 6.61 Å². The number of ether oxygens (including phenoxy) is 1. The van der Waals surface area contributed by atoms with E-state index in [0.29, 0.717) is 6.61 Å². The van der Waals surface area contributed by atoms with E-state index in [2.05, 4.69) is 11.3 Å². The van der Waals surface area contributed by atoms with Gasteiger partial charge in [-0.3, -0.25) is 0 Å². The second kappa shape index (κ2) is 6.51. The summed E-state index contributed by atoms with van der Waals surface area (Å²) in [6.07, 6.45) is 1.90. The van der Waals surface area contributed by atoms with Crippen LogP contribution in [-0.4, -0.2) is 27.1 Å². The third-order valence-corrected chi connectivity index (χ3v) is 1.78. The van der Waals surface area contributed by atoms with Crippen molar-refractivity contribution < 1.29 is 14.3 Å². The highest BCUT2D eigenvalue weighted by Gasteiger charge is 1.93. The van der Waals surface area contributed by atoms with Crippen LogP contribution in [0.1, 0.15) is 6.42 Å². The van der Waals surface area contributed by atoms with Gasteiger partial charge in [0.1, 0.15) is 0 Å². The van der Waals surface area contributed by atoms with E-state index in [1.165, 1.54) is 0 Å². The first-order chi connectivity index (χ1) is 4.81. The topological polar surface area (TPSA) is 46.5 Å². The minimum absolute atomic E-state index is 0.389. The largest absolute Gasteiger partial charge is 0.463 e. The van der Waals surface area contributed by atoms with Crippen molar-refractivity contribution in [2.75, 3.05) is 6.61 Å². The van der Waals surface area contributed by atoms with Gasteiger partial charge < -0.3 is 9.53 Å².